The Kier molecular flexibility index (Phi) is 6.36. The molecule has 6 nitrogen and oxygen atoms in total. The van der Waals surface area contributed by atoms with E-state index in [9.17, 15) is 14.7 Å². The number of benzene rings is 1. The molecule has 0 spiro atoms. The summed E-state index contributed by atoms with van der Waals surface area (Å²) >= 11 is 0. The van der Waals surface area contributed by atoms with E-state index >= 15 is 0 Å². The lowest BCUT2D eigenvalue weighted by Gasteiger charge is -2.08. The third-order valence-corrected chi connectivity index (χ3v) is 2.61. The maximum atomic E-state index is 11.8. The van der Waals surface area contributed by atoms with Crippen molar-refractivity contribution in [3.05, 3.63) is 23.8 Å². The van der Waals surface area contributed by atoms with E-state index in [-0.39, 0.29) is 23.8 Å². The van der Waals surface area contributed by atoms with E-state index in [4.69, 9.17) is 9.47 Å². The largest absolute Gasteiger partial charge is 0.507 e. The number of carbonyl (C=O) groups is 2. The Bertz CT molecular complexity index is 473. The molecule has 1 amide bonds. The summed E-state index contributed by atoms with van der Waals surface area (Å²) in [6.07, 6.45) is 1.84. The van der Waals surface area contributed by atoms with Gasteiger partial charge in [0.15, 0.2) is 6.61 Å². The van der Waals surface area contributed by atoms with E-state index in [1.807, 2.05) is 6.92 Å². The van der Waals surface area contributed by atoms with Gasteiger partial charge in [0, 0.05) is 6.54 Å². The number of amides is 1. The van der Waals surface area contributed by atoms with E-state index in [2.05, 4.69) is 5.32 Å². The van der Waals surface area contributed by atoms with Crippen LogP contribution < -0.4 is 10.1 Å². The van der Waals surface area contributed by atoms with Gasteiger partial charge in [0.25, 0.3) is 5.91 Å². The van der Waals surface area contributed by atoms with Crippen LogP contribution in [0, 0.1) is 0 Å². The number of unbranched alkanes of at least 4 members (excludes halogenated alkanes) is 1. The molecule has 0 fully saturated rings. The zero-order valence-corrected chi connectivity index (χ0v) is 11.6. The van der Waals surface area contributed by atoms with Crippen LogP contribution in [0.5, 0.6) is 11.5 Å². The number of esters is 1. The van der Waals surface area contributed by atoms with Crippen molar-refractivity contribution in [1.82, 2.24) is 5.32 Å². The van der Waals surface area contributed by atoms with E-state index in [1.54, 1.807) is 0 Å². The minimum Gasteiger partial charge on any atom is -0.507 e. The fraction of sp³-hybridized carbons (Fsp3) is 0.429. The number of hydrogen-bond acceptors (Lipinski definition) is 5. The van der Waals surface area contributed by atoms with Crippen LogP contribution in [0.3, 0.4) is 0 Å². The molecule has 0 unspecified atom stereocenters. The summed E-state index contributed by atoms with van der Waals surface area (Å²) in [5, 5.41) is 12.2. The number of carbonyl (C=O) groups excluding carboxylic acids is 2. The summed E-state index contributed by atoms with van der Waals surface area (Å²) in [5.74, 6) is -0.939. The number of phenols is 1. The number of nitrogens with one attached hydrogen (secondary N) is 1. The molecule has 0 bridgehead atoms. The highest BCUT2D eigenvalue weighted by molar-refractivity contribution is 5.94. The first kappa shape index (κ1) is 15.8. The topological polar surface area (TPSA) is 84.9 Å². The first-order valence-electron chi connectivity index (χ1n) is 6.39. The summed E-state index contributed by atoms with van der Waals surface area (Å²) in [5.41, 5.74) is -0.0364. The number of methoxy groups -OCH3 is 1. The van der Waals surface area contributed by atoms with Gasteiger partial charge in [-0.1, -0.05) is 13.3 Å². The third kappa shape index (κ3) is 4.79. The van der Waals surface area contributed by atoms with Crippen LogP contribution in [0.15, 0.2) is 18.2 Å². The van der Waals surface area contributed by atoms with Crippen LogP contribution in [0.2, 0.25) is 0 Å². The van der Waals surface area contributed by atoms with Crippen LogP contribution in [0.1, 0.15) is 30.1 Å². The fourth-order valence-electron chi connectivity index (χ4n) is 1.47. The molecule has 110 valence electrons. The van der Waals surface area contributed by atoms with Gasteiger partial charge in [-0.05, 0) is 24.6 Å². The molecule has 2 N–H and O–H groups in total. The predicted molar refractivity (Wildman–Crippen MR) is 72.9 cm³/mol. The van der Waals surface area contributed by atoms with Gasteiger partial charge in [0.2, 0.25) is 0 Å². The predicted octanol–water partition coefficient (Wildman–Crippen LogP) is 1.47. The van der Waals surface area contributed by atoms with Gasteiger partial charge >= 0.3 is 5.97 Å². The van der Waals surface area contributed by atoms with Crippen molar-refractivity contribution in [2.24, 2.45) is 0 Å². The highest BCUT2D eigenvalue weighted by Gasteiger charge is 2.15. The molecule has 1 aromatic carbocycles. The van der Waals surface area contributed by atoms with E-state index in [1.165, 1.54) is 25.3 Å². The quantitative estimate of drug-likeness (QED) is 0.584. The first-order chi connectivity index (χ1) is 9.58. The second-order valence-electron chi connectivity index (χ2n) is 4.16. The number of hydrogen-bond donors (Lipinski definition) is 2. The average Bonchev–Trinajstić information content (AvgIpc) is 2.45. The van der Waals surface area contributed by atoms with E-state index in [0.717, 1.165) is 12.8 Å². The third-order valence-electron chi connectivity index (χ3n) is 2.61. The lowest BCUT2D eigenvalue weighted by atomic mass is 10.2. The van der Waals surface area contributed by atoms with Crippen molar-refractivity contribution >= 4 is 11.9 Å². The lowest BCUT2D eigenvalue weighted by Crippen LogP contribution is -2.29. The molecule has 0 aliphatic heterocycles. The molecule has 6 heteroatoms. The minimum absolute atomic E-state index is 0.0364. The number of aromatic hydroxyl groups is 1. The minimum atomic E-state index is -0.771. The molecule has 0 saturated heterocycles. The Morgan fingerprint density at radius 1 is 1.35 bits per heavy atom. The Morgan fingerprint density at radius 2 is 2.10 bits per heavy atom. The summed E-state index contributed by atoms with van der Waals surface area (Å²) < 4.78 is 9.79. The maximum absolute atomic E-state index is 11.8. The molecule has 0 saturated carbocycles. The van der Waals surface area contributed by atoms with Crippen molar-refractivity contribution in [1.29, 1.82) is 0 Å². The van der Waals surface area contributed by atoms with Gasteiger partial charge in [0.05, 0.1) is 7.11 Å². The standard InChI is InChI=1S/C14H19NO5/c1-3-4-7-15-13(17)9-20-14(18)11-8-10(19-2)5-6-12(11)16/h5-6,8,16H,3-4,7,9H2,1-2H3,(H,15,17). The summed E-state index contributed by atoms with van der Waals surface area (Å²) in [6, 6.07) is 4.20. The summed E-state index contributed by atoms with van der Waals surface area (Å²) in [6.45, 7) is 2.19. The van der Waals surface area contributed by atoms with Crippen LogP contribution >= 0.6 is 0 Å². The normalized spacial score (nSPS) is 9.90. The van der Waals surface area contributed by atoms with Gasteiger partial charge in [-0.15, -0.1) is 0 Å². The van der Waals surface area contributed by atoms with Crippen molar-refractivity contribution in [3.63, 3.8) is 0 Å². The molecule has 0 aliphatic rings. The number of rotatable bonds is 7. The van der Waals surface area contributed by atoms with Gasteiger partial charge in [0.1, 0.15) is 17.1 Å². The second-order valence-corrected chi connectivity index (χ2v) is 4.16. The molecule has 0 radical (unpaired) electrons. The Labute approximate surface area is 117 Å². The van der Waals surface area contributed by atoms with Crippen LogP contribution in [0.25, 0.3) is 0 Å². The monoisotopic (exact) mass is 281 g/mol. The number of phenolic OH excluding ortho intramolecular Hbond substituents is 1. The second kappa shape index (κ2) is 8.04. The Hall–Kier alpha value is -2.24. The zero-order chi connectivity index (χ0) is 15.0. The molecule has 0 aromatic heterocycles. The Balaban J connectivity index is 2.52. The molecule has 0 heterocycles. The lowest BCUT2D eigenvalue weighted by molar-refractivity contribution is -0.124. The highest BCUT2D eigenvalue weighted by Crippen LogP contribution is 2.23. The van der Waals surface area contributed by atoms with Gasteiger partial charge in [-0.25, -0.2) is 4.79 Å². The van der Waals surface area contributed by atoms with E-state index < -0.39 is 5.97 Å². The summed E-state index contributed by atoms with van der Waals surface area (Å²) in [7, 11) is 1.45. The first-order valence-corrected chi connectivity index (χ1v) is 6.39. The molecule has 1 rings (SSSR count). The SMILES string of the molecule is CCCCNC(=O)COC(=O)c1cc(OC)ccc1O. The smallest absolute Gasteiger partial charge is 0.342 e. The molecule has 20 heavy (non-hydrogen) atoms. The molecule has 1 aromatic rings. The van der Waals surface area contributed by atoms with Crippen molar-refractivity contribution in [2.45, 2.75) is 19.8 Å². The molecule has 0 aliphatic carbocycles. The van der Waals surface area contributed by atoms with Gasteiger partial charge < -0.3 is 19.9 Å². The number of ether oxygens (including phenoxy) is 2. The van der Waals surface area contributed by atoms with Crippen LogP contribution in [-0.4, -0.2) is 37.2 Å². The molecular formula is C14H19NO5. The van der Waals surface area contributed by atoms with Crippen molar-refractivity contribution < 1.29 is 24.2 Å². The van der Waals surface area contributed by atoms with Crippen molar-refractivity contribution in [3.8, 4) is 11.5 Å². The van der Waals surface area contributed by atoms with E-state index in [0.29, 0.717) is 12.3 Å². The van der Waals surface area contributed by atoms with Crippen LogP contribution in [-0.2, 0) is 9.53 Å². The van der Waals surface area contributed by atoms with Crippen LogP contribution in [0.4, 0.5) is 0 Å². The zero-order valence-electron chi connectivity index (χ0n) is 11.6. The average molecular weight is 281 g/mol. The summed E-state index contributed by atoms with van der Waals surface area (Å²) in [4.78, 5) is 23.1. The highest BCUT2D eigenvalue weighted by atomic mass is 16.5. The van der Waals surface area contributed by atoms with Gasteiger partial charge in [-0.2, -0.15) is 0 Å². The fourth-order valence-corrected chi connectivity index (χ4v) is 1.47. The Morgan fingerprint density at radius 3 is 2.75 bits per heavy atom. The van der Waals surface area contributed by atoms with Crippen molar-refractivity contribution in [2.75, 3.05) is 20.3 Å². The maximum Gasteiger partial charge on any atom is 0.342 e. The molecule has 0 atom stereocenters. The molecular weight excluding hydrogens is 262 g/mol. The van der Waals surface area contributed by atoms with Gasteiger partial charge in [-0.3, -0.25) is 4.79 Å².